The van der Waals surface area contributed by atoms with Crippen LogP contribution in [-0.4, -0.2) is 67.6 Å². The number of thioether (sulfide) groups is 1. The molecule has 0 aromatic carbocycles. The van der Waals surface area contributed by atoms with Gasteiger partial charge in [-0.1, -0.05) is 17.8 Å². The molecule has 0 aliphatic carbocycles. The van der Waals surface area contributed by atoms with Gasteiger partial charge in [0.1, 0.15) is 18.3 Å². The van der Waals surface area contributed by atoms with E-state index in [1.165, 1.54) is 0 Å². The normalized spacial score (nSPS) is 46.9. The van der Waals surface area contributed by atoms with Gasteiger partial charge in [-0.3, -0.25) is 0 Å². The highest BCUT2D eigenvalue weighted by Gasteiger charge is 2.66. The van der Waals surface area contributed by atoms with Gasteiger partial charge < -0.3 is 30.3 Å². The molecule has 2 aliphatic heterocycles. The maximum Gasteiger partial charge on any atom is 0.155 e. The van der Waals surface area contributed by atoms with Gasteiger partial charge in [0.25, 0.3) is 0 Å². The Labute approximate surface area is 103 Å². The minimum Gasteiger partial charge on any atom is -0.394 e. The van der Waals surface area contributed by atoms with Crippen molar-refractivity contribution < 1.29 is 30.3 Å². The van der Waals surface area contributed by atoms with Gasteiger partial charge in [0.2, 0.25) is 0 Å². The summed E-state index contributed by atoms with van der Waals surface area (Å²) in [7, 11) is 0. The molecule has 1 spiro atoms. The summed E-state index contributed by atoms with van der Waals surface area (Å²) in [5.74, 6) is 0. The minimum absolute atomic E-state index is 0.320. The highest BCUT2D eigenvalue weighted by atomic mass is 32.2. The van der Waals surface area contributed by atoms with Gasteiger partial charge >= 0.3 is 0 Å². The Balaban J connectivity index is 2.30. The molecule has 0 amide bonds. The van der Waals surface area contributed by atoms with Crippen LogP contribution in [0.25, 0.3) is 0 Å². The maximum absolute atomic E-state index is 10.4. The van der Waals surface area contributed by atoms with E-state index in [2.05, 4.69) is 0 Å². The Bertz CT molecular complexity index is 314. The fraction of sp³-hybridized carbons (Fsp3) is 0.800. The molecule has 7 heteroatoms. The van der Waals surface area contributed by atoms with Gasteiger partial charge in [0.15, 0.2) is 10.5 Å². The molecule has 0 aromatic heterocycles. The largest absolute Gasteiger partial charge is 0.394 e. The molecule has 5 N–H and O–H groups in total. The second-order valence-corrected chi connectivity index (χ2v) is 5.47. The lowest BCUT2D eigenvalue weighted by atomic mass is 9.88. The molecule has 98 valence electrons. The van der Waals surface area contributed by atoms with E-state index >= 15 is 0 Å². The van der Waals surface area contributed by atoms with Crippen LogP contribution in [0.2, 0.25) is 0 Å². The summed E-state index contributed by atoms with van der Waals surface area (Å²) >= 11 is 1.15. The molecule has 2 unspecified atom stereocenters. The van der Waals surface area contributed by atoms with E-state index < -0.39 is 42.1 Å². The third-order valence-electron chi connectivity index (χ3n) is 3.34. The quantitative estimate of drug-likeness (QED) is 0.408. The van der Waals surface area contributed by atoms with Crippen LogP contribution in [0.1, 0.15) is 6.42 Å². The number of hydrogen-bond donors (Lipinski definition) is 5. The Morgan fingerprint density at radius 1 is 1.47 bits per heavy atom. The molecule has 0 aromatic rings. The van der Waals surface area contributed by atoms with E-state index in [9.17, 15) is 20.4 Å². The second-order valence-electron chi connectivity index (χ2n) is 4.31. The number of ether oxygens (including phenoxy) is 1. The second kappa shape index (κ2) is 4.51. The molecule has 1 fully saturated rings. The predicted octanol–water partition coefficient (Wildman–Crippen LogP) is -1.83. The van der Waals surface area contributed by atoms with Crippen molar-refractivity contribution in [3.63, 3.8) is 0 Å². The molecule has 0 bridgehead atoms. The summed E-state index contributed by atoms with van der Waals surface area (Å²) in [4.78, 5) is -1.19. The van der Waals surface area contributed by atoms with Crippen molar-refractivity contribution in [1.82, 2.24) is 0 Å². The van der Waals surface area contributed by atoms with Gasteiger partial charge in [-0.15, -0.1) is 0 Å². The third kappa shape index (κ3) is 1.74. The van der Waals surface area contributed by atoms with Crippen LogP contribution in [0.3, 0.4) is 0 Å². The Kier molecular flexibility index (Phi) is 3.52. The number of aliphatic hydroxyl groups is 5. The highest BCUT2D eigenvalue weighted by Crippen LogP contribution is 2.53. The van der Waals surface area contributed by atoms with Gasteiger partial charge in [0, 0.05) is 6.42 Å². The fourth-order valence-corrected chi connectivity index (χ4v) is 3.42. The lowest BCUT2D eigenvalue weighted by Crippen LogP contribution is -2.57. The standard InChI is InChI=1S/C10H16O6S/c11-4-6(13)7-8(14)9(15,5-12)10(16-7)2-1-3-17-10/h1,3,6-8,11-15H,2,4-5H2/t6?,7-,8+,9+,10?/m1/s1. The van der Waals surface area contributed by atoms with Crippen molar-refractivity contribution >= 4 is 11.8 Å². The first-order valence-electron chi connectivity index (χ1n) is 5.31. The zero-order chi connectivity index (χ0) is 12.7. The van der Waals surface area contributed by atoms with Crippen molar-refractivity contribution in [2.45, 2.75) is 35.3 Å². The van der Waals surface area contributed by atoms with E-state index in [-0.39, 0.29) is 0 Å². The van der Waals surface area contributed by atoms with E-state index in [1.54, 1.807) is 11.5 Å². The SMILES string of the molecule is OCC(O)[C@H]1OC2(CC=CS2)[C@](O)(CO)[C@H]1O. The van der Waals surface area contributed by atoms with Crippen molar-refractivity contribution in [3.8, 4) is 0 Å². The van der Waals surface area contributed by atoms with Gasteiger partial charge in [-0.05, 0) is 5.41 Å². The highest BCUT2D eigenvalue weighted by molar-refractivity contribution is 8.03. The van der Waals surface area contributed by atoms with Crippen LogP contribution in [-0.2, 0) is 4.74 Å². The summed E-state index contributed by atoms with van der Waals surface area (Å²) in [5, 5.41) is 49.8. The van der Waals surface area contributed by atoms with E-state index in [4.69, 9.17) is 9.84 Å². The van der Waals surface area contributed by atoms with Crippen LogP contribution in [0.4, 0.5) is 0 Å². The molecule has 17 heavy (non-hydrogen) atoms. The van der Waals surface area contributed by atoms with Gasteiger partial charge in [-0.25, -0.2) is 0 Å². The van der Waals surface area contributed by atoms with Crippen molar-refractivity contribution in [2.24, 2.45) is 0 Å². The van der Waals surface area contributed by atoms with Crippen LogP contribution in [0, 0.1) is 0 Å². The zero-order valence-corrected chi connectivity index (χ0v) is 9.88. The number of aliphatic hydroxyl groups excluding tert-OH is 4. The summed E-state index contributed by atoms with van der Waals surface area (Å²) in [5.41, 5.74) is -1.86. The number of hydrogen-bond acceptors (Lipinski definition) is 7. The molecule has 5 atom stereocenters. The van der Waals surface area contributed by atoms with Crippen LogP contribution >= 0.6 is 11.8 Å². The summed E-state index contributed by atoms with van der Waals surface area (Å²) in [6, 6.07) is 0. The molecular formula is C10H16O6S. The van der Waals surface area contributed by atoms with Crippen molar-refractivity contribution in [1.29, 1.82) is 0 Å². The Hall–Kier alpha value is -0.150. The first-order valence-corrected chi connectivity index (χ1v) is 6.19. The van der Waals surface area contributed by atoms with Crippen molar-refractivity contribution in [3.05, 3.63) is 11.5 Å². The molecule has 2 rings (SSSR count). The Morgan fingerprint density at radius 3 is 2.65 bits per heavy atom. The average molecular weight is 264 g/mol. The van der Waals surface area contributed by atoms with Crippen LogP contribution in [0.5, 0.6) is 0 Å². The van der Waals surface area contributed by atoms with Crippen LogP contribution < -0.4 is 0 Å². The smallest absolute Gasteiger partial charge is 0.155 e. The minimum atomic E-state index is -1.86. The summed E-state index contributed by atoms with van der Waals surface area (Å²) in [6.45, 7) is -1.27. The van der Waals surface area contributed by atoms with E-state index in [0.717, 1.165) is 11.8 Å². The first kappa shape index (κ1) is 13.3. The molecule has 2 aliphatic rings. The zero-order valence-electron chi connectivity index (χ0n) is 9.06. The lowest BCUT2D eigenvalue weighted by Gasteiger charge is -2.36. The molecule has 0 saturated carbocycles. The lowest BCUT2D eigenvalue weighted by molar-refractivity contribution is -0.119. The predicted molar refractivity (Wildman–Crippen MR) is 60.1 cm³/mol. The first-order chi connectivity index (χ1) is 8.00. The van der Waals surface area contributed by atoms with Crippen LogP contribution in [0.15, 0.2) is 11.5 Å². The third-order valence-corrected chi connectivity index (χ3v) is 4.66. The Morgan fingerprint density at radius 2 is 2.18 bits per heavy atom. The molecule has 0 radical (unpaired) electrons. The van der Waals surface area contributed by atoms with Crippen molar-refractivity contribution in [2.75, 3.05) is 13.2 Å². The van der Waals surface area contributed by atoms with E-state index in [0.29, 0.717) is 6.42 Å². The molecular weight excluding hydrogens is 248 g/mol. The molecule has 6 nitrogen and oxygen atoms in total. The van der Waals surface area contributed by atoms with E-state index in [1.807, 2.05) is 0 Å². The average Bonchev–Trinajstić information content (AvgIpc) is 2.90. The van der Waals surface area contributed by atoms with Gasteiger partial charge in [0.05, 0.1) is 13.2 Å². The maximum atomic E-state index is 10.4. The monoisotopic (exact) mass is 264 g/mol. The molecule has 1 saturated heterocycles. The number of rotatable bonds is 3. The van der Waals surface area contributed by atoms with Gasteiger partial charge in [-0.2, -0.15) is 0 Å². The molecule has 2 heterocycles. The fourth-order valence-electron chi connectivity index (χ4n) is 2.25. The summed E-state index contributed by atoms with van der Waals surface area (Å²) in [6.07, 6.45) is -1.80. The topological polar surface area (TPSA) is 110 Å². The summed E-state index contributed by atoms with van der Waals surface area (Å²) < 4.78 is 5.51.